The van der Waals surface area contributed by atoms with Crippen molar-refractivity contribution in [2.75, 3.05) is 32.9 Å². The predicted octanol–water partition coefficient (Wildman–Crippen LogP) is 4.07. The molecule has 0 radical (unpaired) electrons. The van der Waals surface area contributed by atoms with Crippen LogP contribution in [0, 0.1) is 6.92 Å². The van der Waals surface area contributed by atoms with Crippen molar-refractivity contribution in [2.24, 2.45) is 0 Å². The summed E-state index contributed by atoms with van der Waals surface area (Å²) in [6, 6.07) is 16.6. The molecule has 150 valence electrons. The summed E-state index contributed by atoms with van der Waals surface area (Å²) in [6.45, 7) is 8.13. The molecule has 0 spiro atoms. The Balaban J connectivity index is 0.00000225. The van der Waals surface area contributed by atoms with Crippen LogP contribution in [0.4, 0.5) is 0 Å². The molecule has 0 saturated carbocycles. The minimum Gasteiger partial charge on any atom is -0.494 e. The standard InChI is InChI=1S/C22H27N3O2.ClH/c1-18-7-9-19(10-8-18)27-14-4-11-25-21-6-3-2-5-20(21)23-22(25)17-24-12-15-26-16-13-24;/h2-3,5-10H,4,11-17H2,1H3;1H. The molecular weight excluding hydrogens is 374 g/mol. The molecule has 0 N–H and O–H groups in total. The normalized spacial score (nSPS) is 14.8. The van der Waals surface area contributed by atoms with Crippen LogP contribution in [0.15, 0.2) is 48.5 Å². The first-order chi connectivity index (χ1) is 13.3. The van der Waals surface area contributed by atoms with Crippen LogP contribution >= 0.6 is 12.4 Å². The van der Waals surface area contributed by atoms with Gasteiger partial charge in [0.15, 0.2) is 0 Å². The minimum absolute atomic E-state index is 0. The molecule has 0 unspecified atom stereocenters. The third kappa shape index (κ3) is 5.04. The van der Waals surface area contributed by atoms with Gasteiger partial charge in [0.25, 0.3) is 0 Å². The molecular formula is C22H28ClN3O2. The van der Waals surface area contributed by atoms with Gasteiger partial charge in [-0.2, -0.15) is 0 Å². The second-order valence-electron chi connectivity index (χ2n) is 7.07. The van der Waals surface area contributed by atoms with E-state index in [1.807, 2.05) is 12.1 Å². The lowest BCUT2D eigenvalue weighted by Crippen LogP contribution is -2.36. The molecule has 1 aliphatic heterocycles. The Morgan fingerprint density at radius 1 is 1.04 bits per heavy atom. The zero-order chi connectivity index (χ0) is 18.5. The van der Waals surface area contributed by atoms with Crippen LogP contribution in [-0.4, -0.2) is 47.4 Å². The number of rotatable bonds is 7. The summed E-state index contributed by atoms with van der Waals surface area (Å²) in [5, 5.41) is 0. The fourth-order valence-electron chi connectivity index (χ4n) is 3.50. The lowest BCUT2D eigenvalue weighted by atomic mass is 10.2. The van der Waals surface area contributed by atoms with Gasteiger partial charge in [-0.25, -0.2) is 4.98 Å². The van der Waals surface area contributed by atoms with E-state index in [1.165, 1.54) is 11.1 Å². The molecule has 1 aliphatic rings. The molecule has 1 fully saturated rings. The summed E-state index contributed by atoms with van der Waals surface area (Å²) < 4.78 is 13.7. The Kier molecular flexibility index (Phi) is 7.31. The fourth-order valence-corrected chi connectivity index (χ4v) is 3.50. The summed E-state index contributed by atoms with van der Waals surface area (Å²) in [5.41, 5.74) is 3.52. The molecule has 2 aromatic carbocycles. The molecule has 1 saturated heterocycles. The lowest BCUT2D eigenvalue weighted by Gasteiger charge is -2.26. The highest BCUT2D eigenvalue weighted by Crippen LogP contribution is 2.19. The van der Waals surface area contributed by atoms with E-state index in [1.54, 1.807) is 0 Å². The van der Waals surface area contributed by atoms with Crippen molar-refractivity contribution in [2.45, 2.75) is 26.4 Å². The van der Waals surface area contributed by atoms with Crippen LogP contribution in [0.1, 0.15) is 17.8 Å². The monoisotopic (exact) mass is 401 g/mol. The number of hydrogen-bond acceptors (Lipinski definition) is 4. The van der Waals surface area contributed by atoms with Crippen LogP contribution in [0.25, 0.3) is 11.0 Å². The molecule has 0 atom stereocenters. The summed E-state index contributed by atoms with van der Waals surface area (Å²) >= 11 is 0. The predicted molar refractivity (Wildman–Crippen MR) is 114 cm³/mol. The van der Waals surface area contributed by atoms with Crippen LogP contribution < -0.4 is 4.74 Å². The minimum atomic E-state index is 0. The molecule has 2 heterocycles. The largest absolute Gasteiger partial charge is 0.494 e. The van der Waals surface area contributed by atoms with Crippen molar-refractivity contribution in [1.82, 2.24) is 14.5 Å². The molecule has 5 nitrogen and oxygen atoms in total. The van der Waals surface area contributed by atoms with Gasteiger partial charge in [-0.05, 0) is 37.6 Å². The summed E-state index contributed by atoms with van der Waals surface area (Å²) in [7, 11) is 0. The Labute approximate surface area is 172 Å². The first kappa shape index (κ1) is 20.6. The van der Waals surface area contributed by atoms with Gasteiger partial charge in [-0.15, -0.1) is 12.4 Å². The van der Waals surface area contributed by atoms with Gasteiger partial charge in [0, 0.05) is 19.6 Å². The van der Waals surface area contributed by atoms with Gasteiger partial charge < -0.3 is 14.0 Å². The van der Waals surface area contributed by atoms with E-state index in [9.17, 15) is 0 Å². The quantitative estimate of drug-likeness (QED) is 0.559. The summed E-state index contributed by atoms with van der Waals surface area (Å²) in [6.07, 6.45) is 0.949. The number of aryl methyl sites for hydroxylation is 2. The number of para-hydroxylation sites is 2. The highest BCUT2D eigenvalue weighted by molar-refractivity contribution is 5.85. The first-order valence-corrected chi connectivity index (χ1v) is 9.73. The smallest absolute Gasteiger partial charge is 0.124 e. The van der Waals surface area contributed by atoms with Crippen molar-refractivity contribution in [3.05, 3.63) is 59.9 Å². The number of ether oxygens (including phenoxy) is 2. The van der Waals surface area contributed by atoms with E-state index in [4.69, 9.17) is 14.5 Å². The van der Waals surface area contributed by atoms with Crippen LogP contribution in [0.5, 0.6) is 5.75 Å². The van der Waals surface area contributed by atoms with Gasteiger partial charge in [0.05, 0.1) is 37.4 Å². The van der Waals surface area contributed by atoms with Crippen LogP contribution in [0.3, 0.4) is 0 Å². The number of fused-ring (bicyclic) bond motifs is 1. The van der Waals surface area contributed by atoms with Gasteiger partial charge in [-0.3, -0.25) is 4.90 Å². The third-order valence-electron chi connectivity index (χ3n) is 5.02. The van der Waals surface area contributed by atoms with E-state index in [0.29, 0.717) is 6.61 Å². The maximum Gasteiger partial charge on any atom is 0.124 e. The second kappa shape index (κ2) is 9.92. The van der Waals surface area contributed by atoms with Gasteiger partial charge >= 0.3 is 0 Å². The lowest BCUT2D eigenvalue weighted by molar-refractivity contribution is 0.0326. The van der Waals surface area contributed by atoms with E-state index in [2.05, 4.69) is 52.8 Å². The molecule has 0 aliphatic carbocycles. The van der Waals surface area contributed by atoms with E-state index < -0.39 is 0 Å². The average molecular weight is 402 g/mol. The molecule has 3 aromatic rings. The average Bonchev–Trinajstić information content (AvgIpc) is 3.04. The van der Waals surface area contributed by atoms with Crippen molar-refractivity contribution in [3.63, 3.8) is 0 Å². The number of benzene rings is 2. The zero-order valence-corrected chi connectivity index (χ0v) is 17.2. The van der Waals surface area contributed by atoms with Gasteiger partial charge in [0.1, 0.15) is 11.6 Å². The number of morpholine rings is 1. The molecule has 28 heavy (non-hydrogen) atoms. The van der Waals surface area contributed by atoms with E-state index >= 15 is 0 Å². The highest BCUT2D eigenvalue weighted by atomic mass is 35.5. The topological polar surface area (TPSA) is 39.5 Å². The number of nitrogens with zero attached hydrogens (tertiary/aromatic N) is 3. The Bertz CT molecular complexity index is 873. The first-order valence-electron chi connectivity index (χ1n) is 9.73. The molecule has 4 rings (SSSR count). The second-order valence-corrected chi connectivity index (χ2v) is 7.07. The number of imidazole rings is 1. The maximum atomic E-state index is 5.90. The van der Waals surface area contributed by atoms with Crippen molar-refractivity contribution in [3.8, 4) is 5.75 Å². The highest BCUT2D eigenvalue weighted by Gasteiger charge is 2.16. The summed E-state index contributed by atoms with van der Waals surface area (Å²) in [4.78, 5) is 7.31. The van der Waals surface area contributed by atoms with Crippen LogP contribution in [0.2, 0.25) is 0 Å². The summed E-state index contributed by atoms with van der Waals surface area (Å²) in [5.74, 6) is 2.07. The SMILES string of the molecule is Cc1ccc(OCCCn2c(CN3CCOCC3)nc3ccccc32)cc1.Cl. The Morgan fingerprint density at radius 2 is 1.79 bits per heavy atom. The number of hydrogen-bond donors (Lipinski definition) is 0. The molecule has 1 aromatic heterocycles. The number of aromatic nitrogens is 2. The van der Waals surface area contributed by atoms with Gasteiger partial charge in [-0.1, -0.05) is 29.8 Å². The Morgan fingerprint density at radius 3 is 2.57 bits per heavy atom. The van der Waals surface area contributed by atoms with Gasteiger partial charge in [0.2, 0.25) is 0 Å². The Hall–Kier alpha value is -2.08. The van der Waals surface area contributed by atoms with Crippen LogP contribution in [-0.2, 0) is 17.8 Å². The molecule has 0 bridgehead atoms. The van der Waals surface area contributed by atoms with Crippen molar-refractivity contribution in [1.29, 1.82) is 0 Å². The molecule has 0 amide bonds. The van der Waals surface area contributed by atoms with Crippen molar-refractivity contribution < 1.29 is 9.47 Å². The van der Waals surface area contributed by atoms with E-state index in [-0.39, 0.29) is 12.4 Å². The number of halogens is 1. The fraction of sp³-hybridized carbons (Fsp3) is 0.409. The van der Waals surface area contributed by atoms with Crippen molar-refractivity contribution >= 4 is 23.4 Å². The molecule has 6 heteroatoms. The third-order valence-corrected chi connectivity index (χ3v) is 5.02. The zero-order valence-electron chi connectivity index (χ0n) is 16.3. The maximum absolute atomic E-state index is 5.90. The van der Waals surface area contributed by atoms with E-state index in [0.717, 1.165) is 62.9 Å².